The molecule has 122 valence electrons. The molecule has 0 aromatic heterocycles. The first-order chi connectivity index (χ1) is 11.6. The molecule has 0 saturated carbocycles. The molecule has 1 amide bonds. The Bertz CT molecular complexity index is 797. The molecule has 1 fully saturated rings. The van der Waals surface area contributed by atoms with Crippen LogP contribution in [0.2, 0.25) is 10.0 Å². The van der Waals surface area contributed by atoms with E-state index in [-0.39, 0.29) is 12.0 Å². The number of nitrogens with zero attached hydrogens (tertiary/aromatic N) is 2. The molecule has 0 N–H and O–H groups in total. The summed E-state index contributed by atoms with van der Waals surface area (Å²) in [5.41, 5.74) is 1.81. The molecule has 1 unspecified atom stereocenters. The average molecular weight is 361 g/mol. The van der Waals surface area contributed by atoms with Gasteiger partial charge in [0, 0.05) is 22.2 Å². The third-order valence-corrected chi connectivity index (χ3v) is 4.29. The number of carbonyl (C=O) groups is 1. The maximum absolute atomic E-state index is 12.7. The first kappa shape index (κ1) is 16.8. The van der Waals surface area contributed by atoms with Crippen LogP contribution in [-0.2, 0) is 4.74 Å². The second kappa shape index (κ2) is 7.23. The van der Waals surface area contributed by atoms with Crippen molar-refractivity contribution in [2.75, 3.05) is 19.7 Å². The van der Waals surface area contributed by atoms with E-state index in [1.54, 1.807) is 47.4 Å². The lowest BCUT2D eigenvalue weighted by Gasteiger charge is -2.33. The highest BCUT2D eigenvalue weighted by Gasteiger charge is 2.26. The van der Waals surface area contributed by atoms with E-state index in [0.717, 1.165) is 5.56 Å². The molecule has 0 bridgehead atoms. The highest BCUT2D eigenvalue weighted by Crippen LogP contribution is 2.28. The van der Waals surface area contributed by atoms with Gasteiger partial charge in [0.25, 0.3) is 5.91 Å². The lowest BCUT2D eigenvalue weighted by molar-refractivity contribution is -0.0228. The SMILES string of the molecule is N#Cc1cccc(C(=O)N2CCOC(c3cc(Cl)cc(Cl)c3)C2)c1. The fourth-order valence-corrected chi connectivity index (χ4v) is 3.24. The third kappa shape index (κ3) is 3.70. The minimum Gasteiger partial charge on any atom is -0.370 e. The molecule has 0 aliphatic carbocycles. The van der Waals surface area contributed by atoms with Gasteiger partial charge in [-0.1, -0.05) is 29.3 Å². The van der Waals surface area contributed by atoms with E-state index < -0.39 is 0 Å². The van der Waals surface area contributed by atoms with E-state index in [0.29, 0.717) is 40.9 Å². The molecule has 0 radical (unpaired) electrons. The maximum atomic E-state index is 12.7. The van der Waals surface area contributed by atoms with E-state index in [9.17, 15) is 4.79 Å². The van der Waals surface area contributed by atoms with E-state index in [4.69, 9.17) is 33.2 Å². The van der Waals surface area contributed by atoms with Gasteiger partial charge in [0.05, 0.1) is 24.8 Å². The summed E-state index contributed by atoms with van der Waals surface area (Å²) in [7, 11) is 0. The van der Waals surface area contributed by atoms with Crippen LogP contribution in [0, 0.1) is 11.3 Å². The molecule has 1 atom stereocenters. The Morgan fingerprint density at radius 1 is 1.21 bits per heavy atom. The second-order valence-corrected chi connectivity index (χ2v) is 6.38. The maximum Gasteiger partial charge on any atom is 0.254 e. The van der Waals surface area contributed by atoms with Crippen LogP contribution >= 0.6 is 23.2 Å². The van der Waals surface area contributed by atoms with Gasteiger partial charge < -0.3 is 9.64 Å². The van der Waals surface area contributed by atoms with Crippen LogP contribution in [0.5, 0.6) is 0 Å². The molecule has 24 heavy (non-hydrogen) atoms. The highest BCUT2D eigenvalue weighted by atomic mass is 35.5. The molecular formula is C18H14Cl2N2O2. The van der Waals surface area contributed by atoms with Crippen LogP contribution in [0.25, 0.3) is 0 Å². The summed E-state index contributed by atoms with van der Waals surface area (Å²) in [6.45, 7) is 1.34. The van der Waals surface area contributed by atoms with E-state index >= 15 is 0 Å². The summed E-state index contributed by atoms with van der Waals surface area (Å²) in [6.07, 6.45) is -0.280. The van der Waals surface area contributed by atoms with Crippen LogP contribution < -0.4 is 0 Å². The third-order valence-electron chi connectivity index (χ3n) is 3.85. The van der Waals surface area contributed by atoms with E-state index in [1.807, 2.05) is 6.07 Å². The van der Waals surface area contributed by atoms with Crippen molar-refractivity contribution < 1.29 is 9.53 Å². The predicted octanol–water partition coefficient (Wildman–Crippen LogP) is 4.08. The van der Waals surface area contributed by atoms with Crippen molar-refractivity contribution in [2.24, 2.45) is 0 Å². The Kier molecular flexibility index (Phi) is 5.06. The van der Waals surface area contributed by atoms with Crippen LogP contribution in [-0.4, -0.2) is 30.5 Å². The number of hydrogen-bond donors (Lipinski definition) is 0. The zero-order valence-corrected chi connectivity index (χ0v) is 14.2. The van der Waals surface area contributed by atoms with Crippen molar-refractivity contribution in [1.82, 2.24) is 4.90 Å². The van der Waals surface area contributed by atoms with Gasteiger partial charge in [0.15, 0.2) is 0 Å². The fourth-order valence-electron chi connectivity index (χ4n) is 2.70. The van der Waals surface area contributed by atoms with Gasteiger partial charge >= 0.3 is 0 Å². The number of carbonyl (C=O) groups excluding carboxylic acids is 1. The predicted molar refractivity (Wildman–Crippen MR) is 92.2 cm³/mol. The Morgan fingerprint density at radius 3 is 2.67 bits per heavy atom. The molecule has 3 rings (SSSR count). The summed E-state index contributed by atoms with van der Waals surface area (Å²) in [5, 5.41) is 10.0. The number of morpholine rings is 1. The monoisotopic (exact) mass is 360 g/mol. The molecule has 1 saturated heterocycles. The quantitative estimate of drug-likeness (QED) is 0.810. The van der Waals surface area contributed by atoms with Crippen molar-refractivity contribution in [3.8, 4) is 6.07 Å². The van der Waals surface area contributed by atoms with Crippen molar-refractivity contribution in [1.29, 1.82) is 5.26 Å². The summed E-state index contributed by atoms with van der Waals surface area (Å²) in [4.78, 5) is 14.4. The van der Waals surface area contributed by atoms with Gasteiger partial charge in [-0.05, 0) is 42.0 Å². The van der Waals surface area contributed by atoms with Crippen LogP contribution in [0.15, 0.2) is 42.5 Å². The van der Waals surface area contributed by atoms with Crippen molar-refractivity contribution in [3.05, 3.63) is 69.2 Å². The van der Waals surface area contributed by atoms with Crippen LogP contribution in [0.3, 0.4) is 0 Å². The van der Waals surface area contributed by atoms with Crippen molar-refractivity contribution in [2.45, 2.75) is 6.10 Å². The highest BCUT2D eigenvalue weighted by molar-refractivity contribution is 6.34. The second-order valence-electron chi connectivity index (χ2n) is 5.51. The lowest BCUT2D eigenvalue weighted by atomic mass is 10.1. The number of benzene rings is 2. The first-order valence-electron chi connectivity index (χ1n) is 7.44. The Balaban J connectivity index is 1.80. The topological polar surface area (TPSA) is 53.3 Å². The number of rotatable bonds is 2. The Morgan fingerprint density at radius 2 is 1.96 bits per heavy atom. The zero-order chi connectivity index (χ0) is 17.1. The summed E-state index contributed by atoms with van der Waals surface area (Å²) < 4.78 is 5.77. The average Bonchev–Trinajstić information content (AvgIpc) is 2.60. The van der Waals surface area contributed by atoms with Crippen molar-refractivity contribution in [3.63, 3.8) is 0 Å². The number of hydrogen-bond acceptors (Lipinski definition) is 3. The van der Waals surface area contributed by atoms with Gasteiger partial charge in [-0.3, -0.25) is 4.79 Å². The standard InChI is InChI=1S/C18H14Cl2N2O2/c19-15-7-14(8-16(20)9-15)17-11-22(4-5-24-17)18(23)13-3-1-2-12(6-13)10-21/h1-3,6-9,17H,4-5,11H2. The molecule has 2 aromatic carbocycles. The smallest absolute Gasteiger partial charge is 0.254 e. The van der Waals surface area contributed by atoms with Gasteiger partial charge in [-0.15, -0.1) is 0 Å². The van der Waals surface area contributed by atoms with Gasteiger partial charge in [-0.25, -0.2) is 0 Å². The molecule has 2 aromatic rings. The molecule has 1 aliphatic heterocycles. The van der Waals surface area contributed by atoms with Crippen LogP contribution in [0.4, 0.5) is 0 Å². The molecule has 1 heterocycles. The van der Waals surface area contributed by atoms with Crippen molar-refractivity contribution >= 4 is 29.1 Å². The minimum absolute atomic E-state index is 0.117. The van der Waals surface area contributed by atoms with Gasteiger partial charge in [0.2, 0.25) is 0 Å². The summed E-state index contributed by atoms with van der Waals surface area (Å²) in [5.74, 6) is -0.117. The number of amides is 1. The summed E-state index contributed by atoms with van der Waals surface area (Å²) >= 11 is 12.1. The normalized spacial score (nSPS) is 17.4. The Labute approximate surface area is 150 Å². The van der Waals surface area contributed by atoms with E-state index in [1.165, 1.54) is 0 Å². The number of nitriles is 1. The fraction of sp³-hybridized carbons (Fsp3) is 0.222. The first-order valence-corrected chi connectivity index (χ1v) is 8.19. The Hall–Kier alpha value is -2.06. The molecular weight excluding hydrogens is 347 g/mol. The largest absolute Gasteiger partial charge is 0.370 e. The molecule has 1 aliphatic rings. The lowest BCUT2D eigenvalue weighted by Crippen LogP contribution is -2.42. The number of ether oxygens (including phenoxy) is 1. The van der Waals surface area contributed by atoms with Gasteiger partial charge in [-0.2, -0.15) is 5.26 Å². The molecule has 4 nitrogen and oxygen atoms in total. The van der Waals surface area contributed by atoms with Crippen LogP contribution in [0.1, 0.15) is 27.6 Å². The van der Waals surface area contributed by atoms with E-state index in [2.05, 4.69) is 0 Å². The molecule has 0 spiro atoms. The number of halogens is 2. The minimum atomic E-state index is -0.280. The summed E-state index contributed by atoms with van der Waals surface area (Å²) in [6, 6.07) is 14.0. The zero-order valence-electron chi connectivity index (χ0n) is 12.7. The molecule has 6 heteroatoms. The van der Waals surface area contributed by atoms with Gasteiger partial charge in [0.1, 0.15) is 6.10 Å².